The summed E-state index contributed by atoms with van der Waals surface area (Å²) in [6, 6.07) is 0. The highest BCUT2D eigenvalue weighted by molar-refractivity contribution is 5.75. The third-order valence-corrected chi connectivity index (χ3v) is 4.05. The van der Waals surface area contributed by atoms with Gasteiger partial charge in [0.1, 0.15) is 0 Å². The van der Waals surface area contributed by atoms with Crippen LogP contribution in [0.2, 0.25) is 0 Å². The number of carbonyl (C=O) groups is 1. The first-order valence-corrected chi connectivity index (χ1v) is 7.43. The summed E-state index contributed by atoms with van der Waals surface area (Å²) in [4.78, 5) is 11.7. The van der Waals surface area contributed by atoms with E-state index in [0.29, 0.717) is 12.5 Å². The molecular formula is C14H26N2O2. The van der Waals surface area contributed by atoms with Crippen LogP contribution in [0.1, 0.15) is 44.9 Å². The van der Waals surface area contributed by atoms with Crippen molar-refractivity contribution in [2.75, 3.05) is 26.2 Å². The van der Waals surface area contributed by atoms with E-state index in [1.54, 1.807) is 0 Å². The van der Waals surface area contributed by atoms with Crippen molar-refractivity contribution in [3.8, 4) is 0 Å². The Morgan fingerprint density at radius 3 is 2.78 bits per heavy atom. The number of amides is 1. The van der Waals surface area contributed by atoms with E-state index in [4.69, 9.17) is 4.74 Å². The Balaban J connectivity index is 1.48. The van der Waals surface area contributed by atoms with Crippen molar-refractivity contribution in [1.82, 2.24) is 10.6 Å². The molecule has 2 rings (SSSR count). The van der Waals surface area contributed by atoms with Crippen molar-refractivity contribution in [3.05, 3.63) is 0 Å². The highest BCUT2D eigenvalue weighted by atomic mass is 16.5. The molecule has 0 saturated carbocycles. The average molecular weight is 254 g/mol. The molecule has 104 valence electrons. The quantitative estimate of drug-likeness (QED) is 0.754. The average Bonchev–Trinajstić information content (AvgIpc) is 2.91. The number of ether oxygens (including phenoxy) is 1. The molecule has 1 unspecified atom stereocenters. The van der Waals surface area contributed by atoms with Crippen LogP contribution in [-0.2, 0) is 9.53 Å². The van der Waals surface area contributed by atoms with Gasteiger partial charge in [0, 0.05) is 19.6 Å². The van der Waals surface area contributed by atoms with Gasteiger partial charge >= 0.3 is 0 Å². The van der Waals surface area contributed by atoms with Crippen LogP contribution in [0.3, 0.4) is 0 Å². The summed E-state index contributed by atoms with van der Waals surface area (Å²) in [7, 11) is 0. The fourth-order valence-corrected chi connectivity index (χ4v) is 2.84. The molecule has 2 fully saturated rings. The maximum Gasteiger partial charge on any atom is 0.220 e. The first-order chi connectivity index (χ1) is 8.84. The zero-order chi connectivity index (χ0) is 12.6. The standard InChI is InChI=1S/C14H26N2O2/c17-14(4-3-13-2-1-11-18-13)16-10-7-12-5-8-15-9-6-12/h12-13,15H,1-11H2,(H,16,17). The first-order valence-electron chi connectivity index (χ1n) is 7.43. The van der Waals surface area contributed by atoms with Crippen molar-refractivity contribution in [3.63, 3.8) is 0 Å². The van der Waals surface area contributed by atoms with Gasteiger partial charge in [0.05, 0.1) is 6.10 Å². The van der Waals surface area contributed by atoms with Crippen LogP contribution in [0, 0.1) is 5.92 Å². The number of carbonyl (C=O) groups excluding carboxylic acids is 1. The van der Waals surface area contributed by atoms with E-state index < -0.39 is 0 Å². The second-order valence-electron chi connectivity index (χ2n) is 5.51. The molecule has 1 atom stereocenters. The van der Waals surface area contributed by atoms with Gasteiger partial charge in [0.2, 0.25) is 5.91 Å². The minimum Gasteiger partial charge on any atom is -0.378 e. The summed E-state index contributed by atoms with van der Waals surface area (Å²) in [5.74, 6) is 0.990. The van der Waals surface area contributed by atoms with E-state index in [-0.39, 0.29) is 5.91 Å². The molecule has 0 bridgehead atoms. The maximum absolute atomic E-state index is 11.7. The fourth-order valence-electron chi connectivity index (χ4n) is 2.84. The molecule has 2 aliphatic rings. The highest BCUT2D eigenvalue weighted by Gasteiger charge is 2.17. The van der Waals surface area contributed by atoms with Crippen LogP contribution in [0.5, 0.6) is 0 Å². The summed E-state index contributed by atoms with van der Waals surface area (Å²) < 4.78 is 5.52. The van der Waals surface area contributed by atoms with Gasteiger partial charge in [0.25, 0.3) is 0 Å². The Morgan fingerprint density at radius 1 is 1.22 bits per heavy atom. The maximum atomic E-state index is 11.7. The molecule has 2 heterocycles. The van der Waals surface area contributed by atoms with Crippen molar-refractivity contribution < 1.29 is 9.53 Å². The Hall–Kier alpha value is -0.610. The van der Waals surface area contributed by atoms with Crippen molar-refractivity contribution in [2.45, 2.75) is 51.0 Å². The van der Waals surface area contributed by atoms with E-state index in [1.165, 1.54) is 12.8 Å². The largest absolute Gasteiger partial charge is 0.378 e. The fraction of sp³-hybridized carbons (Fsp3) is 0.929. The lowest BCUT2D eigenvalue weighted by Crippen LogP contribution is -2.31. The molecule has 0 aromatic heterocycles. The number of nitrogens with one attached hydrogen (secondary N) is 2. The van der Waals surface area contributed by atoms with Crippen LogP contribution >= 0.6 is 0 Å². The number of hydrogen-bond acceptors (Lipinski definition) is 3. The third kappa shape index (κ3) is 4.94. The monoisotopic (exact) mass is 254 g/mol. The summed E-state index contributed by atoms with van der Waals surface area (Å²) >= 11 is 0. The molecule has 0 aliphatic carbocycles. The summed E-state index contributed by atoms with van der Waals surface area (Å²) in [5, 5.41) is 6.40. The molecule has 2 saturated heterocycles. The van der Waals surface area contributed by atoms with Gasteiger partial charge in [-0.15, -0.1) is 0 Å². The summed E-state index contributed by atoms with van der Waals surface area (Å²) in [6.07, 6.45) is 7.77. The summed E-state index contributed by atoms with van der Waals surface area (Å²) in [6.45, 7) is 3.99. The smallest absolute Gasteiger partial charge is 0.220 e. The number of rotatable bonds is 6. The van der Waals surface area contributed by atoms with Gasteiger partial charge in [-0.25, -0.2) is 0 Å². The second-order valence-corrected chi connectivity index (χ2v) is 5.51. The van der Waals surface area contributed by atoms with Gasteiger partial charge in [-0.1, -0.05) is 0 Å². The van der Waals surface area contributed by atoms with Gasteiger partial charge in [-0.2, -0.15) is 0 Å². The molecule has 2 N–H and O–H groups in total. The lowest BCUT2D eigenvalue weighted by atomic mass is 9.95. The van der Waals surface area contributed by atoms with E-state index >= 15 is 0 Å². The molecule has 0 spiro atoms. The van der Waals surface area contributed by atoms with E-state index in [2.05, 4.69) is 10.6 Å². The van der Waals surface area contributed by atoms with Gasteiger partial charge in [-0.3, -0.25) is 4.79 Å². The van der Waals surface area contributed by atoms with Crippen LogP contribution in [0.4, 0.5) is 0 Å². The highest BCUT2D eigenvalue weighted by Crippen LogP contribution is 2.17. The van der Waals surface area contributed by atoms with Crippen molar-refractivity contribution >= 4 is 5.91 Å². The Labute approximate surface area is 110 Å². The number of piperidine rings is 1. The Kier molecular flexibility index (Phi) is 5.94. The molecular weight excluding hydrogens is 228 g/mol. The lowest BCUT2D eigenvalue weighted by Gasteiger charge is -2.22. The minimum atomic E-state index is 0.194. The van der Waals surface area contributed by atoms with E-state index in [0.717, 1.165) is 57.8 Å². The predicted octanol–water partition coefficient (Wildman–Crippen LogP) is 1.45. The molecule has 18 heavy (non-hydrogen) atoms. The van der Waals surface area contributed by atoms with Gasteiger partial charge in [0.15, 0.2) is 0 Å². The number of hydrogen-bond donors (Lipinski definition) is 2. The topological polar surface area (TPSA) is 50.4 Å². The Morgan fingerprint density at radius 2 is 2.06 bits per heavy atom. The molecule has 4 heteroatoms. The zero-order valence-electron chi connectivity index (χ0n) is 11.2. The van der Waals surface area contributed by atoms with Crippen LogP contribution in [-0.4, -0.2) is 38.3 Å². The van der Waals surface area contributed by atoms with E-state index in [9.17, 15) is 4.79 Å². The van der Waals surface area contributed by atoms with Gasteiger partial charge < -0.3 is 15.4 Å². The van der Waals surface area contributed by atoms with Crippen LogP contribution < -0.4 is 10.6 Å². The van der Waals surface area contributed by atoms with Crippen LogP contribution in [0.25, 0.3) is 0 Å². The molecule has 2 aliphatic heterocycles. The SMILES string of the molecule is O=C(CCC1CCCO1)NCCC1CCNCC1. The molecule has 1 amide bonds. The predicted molar refractivity (Wildman–Crippen MR) is 71.4 cm³/mol. The Bertz CT molecular complexity index is 246. The first kappa shape index (κ1) is 13.8. The zero-order valence-corrected chi connectivity index (χ0v) is 11.2. The molecule has 4 nitrogen and oxygen atoms in total. The molecule has 0 aromatic rings. The molecule has 0 radical (unpaired) electrons. The van der Waals surface area contributed by atoms with E-state index in [1.807, 2.05) is 0 Å². The van der Waals surface area contributed by atoms with Crippen molar-refractivity contribution in [2.24, 2.45) is 5.92 Å². The van der Waals surface area contributed by atoms with Gasteiger partial charge in [-0.05, 0) is 57.5 Å². The summed E-state index contributed by atoms with van der Waals surface area (Å²) in [5.41, 5.74) is 0. The lowest BCUT2D eigenvalue weighted by molar-refractivity contribution is -0.121. The van der Waals surface area contributed by atoms with Crippen molar-refractivity contribution in [1.29, 1.82) is 0 Å². The normalized spacial score (nSPS) is 25.2. The molecule has 0 aromatic carbocycles. The third-order valence-electron chi connectivity index (χ3n) is 4.05. The minimum absolute atomic E-state index is 0.194. The second kappa shape index (κ2) is 7.74. The van der Waals surface area contributed by atoms with Crippen LogP contribution in [0.15, 0.2) is 0 Å².